The summed E-state index contributed by atoms with van der Waals surface area (Å²) in [5.74, 6) is 0.855. The molecule has 1 saturated heterocycles. The Hall–Kier alpha value is -1.32. The van der Waals surface area contributed by atoms with Crippen molar-refractivity contribution in [3.8, 4) is 5.75 Å². The lowest BCUT2D eigenvalue weighted by molar-refractivity contribution is 0.461. The van der Waals surface area contributed by atoms with Crippen LogP contribution in [-0.4, -0.2) is 27.7 Å². The van der Waals surface area contributed by atoms with Crippen LogP contribution in [0.5, 0.6) is 5.75 Å². The topological polar surface area (TPSA) is 49.2 Å². The van der Waals surface area contributed by atoms with E-state index in [4.69, 9.17) is 5.11 Å². The molecule has 1 aliphatic rings. The van der Waals surface area contributed by atoms with Crippen molar-refractivity contribution in [2.75, 3.05) is 11.4 Å². The van der Waals surface area contributed by atoms with Gasteiger partial charge in [0.15, 0.2) is 5.75 Å². The first-order valence-electron chi connectivity index (χ1n) is 5.05. The molecule has 1 atom stereocenters. The van der Waals surface area contributed by atoms with Gasteiger partial charge in [-0.1, -0.05) is 0 Å². The highest BCUT2D eigenvalue weighted by atomic mass is 16.3. The van der Waals surface area contributed by atoms with Crippen LogP contribution in [0.4, 0.5) is 5.95 Å². The fourth-order valence-corrected chi connectivity index (χ4v) is 1.86. The van der Waals surface area contributed by atoms with Crippen molar-refractivity contribution in [2.45, 2.75) is 32.2 Å². The molecule has 1 aromatic rings. The van der Waals surface area contributed by atoms with E-state index < -0.39 is 0 Å². The maximum atomic E-state index is 9.08. The van der Waals surface area contributed by atoms with Crippen molar-refractivity contribution < 1.29 is 5.11 Å². The fraction of sp³-hybridized carbons (Fsp3) is 0.600. The quantitative estimate of drug-likeness (QED) is 0.735. The third-order valence-corrected chi connectivity index (χ3v) is 2.68. The zero-order valence-electron chi connectivity index (χ0n) is 8.35. The Balaban J connectivity index is 2.16. The second-order valence-corrected chi connectivity index (χ2v) is 3.78. The summed E-state index contributed by atoms with van der Waals surface area (Å²) >= 11 is 0. The summed E-state index contributed by atoms with van der Waals surface area (Å²) in [5, 5.41) is 9.08. The number of hydrogen-bond donors (Lipinski definition) is 1. The Labute approximate surface area is 83.6 Å². The van der Waals surface area contributed by atoms with Crippen LogP contribution in [0.1, 0.15) is 26.2 Å². The molecule has 1 N–H and O–H groups in total. The summed E-state index contributed by atoms with van der Waals surface area (Å²) in [4.78, 5) is 10.4. The molecule has 1 aliphatic heterocycles. The van der Waals surface area contributed by atoms with E-state index in [0.29, 0.717) is 6.04 Å². The number of nitrogens with zero attached hydrogens (tertiary/aromatic N) is 3. The lowest BCUT2D eigenvalue weighted by Gasteiger charge is -2.33. The van der Waals surface area contributed by atoms with Gasteiger partial charge < -0.3 is 10.0 Å². The lowest BCUT2D eigenvalue weighted by atomic mass is 10.0. The summed E-state index contributed by atoms with van der Waals surface area (Å²) in [7, 11) is 0. The SMILES string of the molecule is C[C@@H]1CCCCN1c1ncc(O)cn1. The van der Waals surface area contributed by atoms with E-state index in [-0.39, 0.29) is 5.75 Å². The molecule has 0 unspecified atom stereocenters. The molecule has 2 heterocycles. The third-order valence-electron chi connectivity index (χ3n) is 2.68. The van der Waals surface area contributed by atoms with Crippen molar-refractivity contribution in [3.63, 3.8) is 0 Å². The Morgan fingerprint density at radius 1 is 1.36 bits per heavy atom. The highest BCUT2D eigenvalue weighted by Crippen LogP contribution is 2.21. The minimum Gasteiger partial charge on any atom is -0.505 e. The first kappa shape index (κ1) is 9.24. The maximum absolute atomic E-state index is 9.08. The molecule has 0 saturated carbocycles. The molecule has 0 aromatic carbocycles. The molecule has 4 nitrogen and oxygen atoms in total. The molecule has 0 bridgehead atoms. The zero-order valence-corrected chi connectivity index (χ0v) is 8.35. The Bertz CT molecular complexity index is 299. The molecule has 76 valence electrons. The Morgan fingerprint density at radius 3 is 2.71 bits per heavy atom. The minimum atomic E-state index is 0.124. The minimum absolute atomic E-state index is 0.124. The van der Waals surface area contributed by atoms with E-state index in [1.54, 1.807) is 0 Å². The average Bonchev–Trinajstić information content (AvgIpc) is 2.20. The van der Waals surface area contributed by atoms with E-state index in [2.05, 4.69) is 21.8 Å². The van der Waals surface area contributed by atoms with E-state index in [1.807, 2.05) is 0 Å². The van der Waals surface area contributed by atoms with Crippen LogP contribution in [0.2, 0.25) is 0 Å². The highest BCUT2D eigenvalue weighted by Gasteiger charge is 2.20. The van der Waals surface area contributed by atoms with Crippen molar-refractivity contribution in [2.24, 2.45) is 0 Å². The van der Waals surface area contributed by atoms with Crippen LogP contribution in [0.3, 0.4) is 0 Å². The van der Waals surface area contributed by atoms with Crippen LogP contribution in [0.25, 0.3) is 0 Å². The number of anilines is 1. The van der Waals surface area contributed by atoms with Crippen LogP contribution >= 0.6 is 0 Å². The lowest BCUT2D eigenvalue weighted by Crippen LogP contribution is -2.38. The zero-order chi connectivity index (χ0) is 9.97. The third kappa shape index (κ3) is 1.78. The summed E-state index contributed by atoms with van der Waals surface area (Å²) in [6, 6.07) is 0.508. The number of hydrogen-bond acceptors (Lipinski definition) is 4. The molecule has 4 heteroatoms. The molecular formula is C10H15N3O. The van der Waals surface area contributed by atoms with Crippen molar-refractivity contribution in [1.82, 2.24) is 9.97 Å². The van der Waals surface area contributed by atoms with Crippen LogP contribution in [0.15, 0.2) is 12.4 Å². The van der Waals surface area contributed by atoms with Gasteiger partial charge in [0.1, 0.15) is 0 Å². The molecule has 0 amide bonds. The summed E-state index contributed by atoms with van der Waals surface area (Å²) < 4.78 is 0. The highest BCUT2D eigenvalue weighted by molar-refractivity contribution is 5.32. The fourth-order valence-electron chi connectivity index (χ4n) is 1.86. The summed E-state index contributed by atoms with van der Waals surface area (Å²) in [6.07, 6.45) is 6.59. The van der Waals surface area contributed by atoms with E-state index in [9.17, 15) is 0 Å². The second-order valence-electron chi connectivity index (χ2n) is 3.78. The van der Waals surface area contributed by atoms with E-state index >= 15 is 0 Å². The first-order chi connectivity index (χ1) is 6.77. The molecular weight excluding hydrogens is 178 g/mol. The van der Waals surface area contributed by atoms with Gasteiger partial charge in [0, 0.05) is 12.6 Å². The predicted octanol–water partition coefficient (Wildman–Crippen LogP) is 1.56. The first-order valence-corrected chi connectivity index (χ1v) is 5.05. The van der Waals surface area contributed by atoms with Gasteiger partial charge in [-0.05, 0) is 26.2 Å². The largest absolute Gasteiger partial charge is 0.505 e. The second kappa shape index (κ2) is 3.82. The molecule has 1 aromatic heterocycles. The van der Waals surface area contributed by atoms with Crippen molar-refractivity contribution in [1.29, 1.82) is 0 Å². The summed E-state index contributed by atoms with van der Waals surface area (Å²) in [5.41, 5.74) is 0. The van der Waals surface area contributed by atoms with Crippen LogP contribution < -0.4 is 4.90 Å². The monoisotopic (exact) mass is 193 g/mol. The molecule has 0 radical (unpaired) electrons. The van der Waals surface area contributed by atoms with Gasteiger partial charge in [0.25, 0.3) is 0 Å². The number of aromatic hydroxyl groups is 1. The van der Waals surface area contributed by atoms with Gasteiger partial charge in [0.2, 0.25) is 5.95 Å². The van der Waals surface area contributed by atoms with Crippen molar-refractivity contribution >= 4 is 5.95 Å². The molecule has 2 rings (SSSR count). The van der Waals surface area contributed by atoms with Crippen molar-refractivity contribution in [3.05, 3.63) is 12.4 Å². The smallest absolute Gasteiger partial charge is 0.225 e. The number of piperidine rings is 1. The van der Waals surface area contributed by atoms with Crippen LogP contribution in [-0.2, 0) is 0 Å². The average molecular weight is 193 g/mol. The Kier molecular flexibility index (Phi) is 2.52. The standard InChI is InChI=1S/C10H15N3O/c1-8-4-2-3-5-13(8)10-11-6-9(14)7-12-10/h6-8,14H,2-5H2,1H3/t8-/m1/s1. The van der Waals surface area contributed by atoms with Gasteiger partial charge in [-0.15, -0.1) is 0 Å². The van der Waals surface area contributed by atoms with Gasteiger partial charge >= 0.3 is 0 Å². The molecule has 14 heavy (non-hydrogen) atoms. The molecule has 0 aliphatic carbocycles. The Morgan fingerprint density at radius 2 is 2.07 bits per heavy atom. The van der Waals surface area contributed by atoms with Gasteiger partial charge in [-0.25, -0.2) is 9.97 Å². The summed E-state index contributed by atoms with van der Waals surface area (Å²) in [6.45, 7) is 3.21. The number of rotatable bonds is 1. The van der Waals surface area contributed by atoms with Gasteiger partial charge in [0.05, 0.1) is 12.4 Å². The van der Waals surface area contributed by atoms with E-state index in [0.717, 1.165) is 12.5 Å². The van der Waals surface area contributed by atoms with Gasteiger partial charge in [-0.2, -0.15) is 0 Å². The predicted molar refractivity (Wildman–Crippen MR) is 54.4 cm³/mol. The number of aromatic nitrogens is 2. The van der Waals surface area contributed by atoms with Gasteiger partial charge in [-0.3, -0.25) is 0 Å². The van der Waals surface area contributed by atoms with Crippen LogP contribution in [0, 0.1) is 0 Å². The molecule has 0 spiro atoms. The normalized spacial score (nSPS) is 22.4. The van der Waals surface area contributed by atoms with E-state index in [1.165, 1.54) is 31.7 Å². The molecule has 1 fully saturated rings. The maximum Gasteiger partial charge on any atom is 0.225 e.